The van der Waals surface area contributed by atoms with Gasteiger partial charge in [0.1, 0.15) is 0 Å². The molecule has 0 saturated heterocycles. The van der Waals surface area contributed by atoms with E-state index in [9.17, 15) is 8.42 Å². The highest BCUT2D eigenvalue weighted by Gasteiger charge is 2.19. The Kier molecular flexibility index (Phi) is 4.95. The molecular formula is C13H23N3O2S. The number of likely N-dealkylation sites (N-methyl/N-ethyl adjacent to an activating group) is 1. The van der Waals surface area contributed by atoms with E-state index in [0.29, 0.717) is 17.8 Å². The lowest BCUT2D eigenvalue weighted by Crippen LogP contribution is -2.38. The van der Waals surface area contributed by atoms with Gasteiger partial charge in [-0.25, -0.2) is 13.1 Å². The summed E-state index contributed by atoms with van der Waals surface area (Å²) in [5, 5.41) is 0. The van der Waals surface area contributed by atoms with Crippen molar-refractivity contribution in [2.75, 3.05) is 26.4 Å². The maximum Gasteiger partial charge on any atom is 0.240 e. The van der Waals surface area contributed by atoms with Crippen LogP contribution in [0.1, 0.15) is 18.1 Å². The third-order valence-electron chi connectivity index (χ3n) is 3.28. The summed E-state index contributed by atoms with van der Waals surface area (Å²) in [4.78, 5) is 2.22. The molecule has 19 heavy (non-hydrogen) atoms. The number of hydrogen-bond acceptors (Lipinski definition) is 4. The summed E-state index contributed by atoms with van der Waals surface area (Å²) in [6.07, 6.45) is 0. The van der Waals surface area contributed by atoms with Crippen molar-refractivity contribution in [3.05, 3.63) is 23.3 Å². The van der Waals surface area contributed by atoms with Crippen LogP contribution in [0.25, 0.3) is 0 Å². The maximum absolute atomic E-state index is 12.3. The van der Waals surface area contributed by atoms with E-state index < -0.39 is 10.0 Å². The first-order chi connectivity index (χ1) is 8.65. The third kappa shape index (κ3) is 3.92. The highest BCUT2D eigenvalue weighted by molar-refractivity contribution is 7.89. The molecule has 1 unspecified atom stereocenters. The molecule has 0 aliphatic rings. The van der Waals surface area contributed by atoms with Crippen LogP contribution >= 0.6 is 0 Å². The van der Waals surface area contributed by atoms with Crippen molar-refractivity contribution in [2.24, 2.45) is 0 Å². The van der Waals surface area contributed by atoms with Gasteiger partial charge < -0.3 is 10.6 Å². The molecule has 3 N–H and O–H groups in total. The van der Waals surface area contributed by atoms with Crippen LogP contribution < -0.4 is 10.5 Å². The predicted octanol–water partition coefficient (Wildman–Crippen LogP) is 1.11. The zero-order chi connectivity index (χ0) is 14.8. The lowest BCUT2D eigenvalue weighted by molar-refractivity contribution is 0.314. The quantitative estimate of drug-likeness (QED) is 0.795. The highest BCUT2D eigenvalue weighted by Crippen LogP contribution is 2.22. The van der Waals surface area contributed by atoms with Crippen molar-refractivity contribution in [3.8, 4) is 0 Å². The van der Waals surface area contributed by atoms with E-state index in [1.165, 1.54) is 0 Å². The Morgan fingerprint density at radius 2 is 1.89 bits per heavy atom. The van der Waals surface area contributed by atoms with E-state index in [4.69, 9.17) is 5.73 Å². The Morgan fingerprint density at radius 1 is 1.32 bits per heavy atom. The van der Waals surface area contributed by atoms with Crippen LogP contribution in [0, 0.1) is 13.8 Å². The molecule has 0 aliphatic carbocycles. The van der Waals surface area contributed by atoms with Gasteiger partial charge in [0, 0.05) is 18.3 Å². The summed E-state index contributed by atoms with van der Waals surface area (Å²) < 4.78 is 27.2. The third-order valence-corrected chi connectivity index (χ3v) is 4.83. The zero-order valence-electron chi connectivity index (χ0n) is 12.2. The molecule has 0 aliphatic heterocycles. The van der Waals surface area contributed by atoms with E-state index >= 15 is 0 Å². The number of nitrogen functional groups attached to an aromatic ring is 1. The number of hydrogen-bond donors (Lipinski definition) is 2. The largest absolute Gasteiger partial charge is 0.398 e. The Hall–Kier alpha value is -1.11. The minimum atomic E-state index is -3.52. The van der Waals surface area contributed by atoms with E-state index in [0.717, 1.165) is 5.56 Å². The lowest BCUT2D eigenvalue weighted by Gasteiger charge is -2.20. The summed E-state index contributed by atoms with van der Waals surface area (Å²) in [5.41, 5.74) is 7.75. The van der Waals surface area contributed by atoms with Gasteiger partial charge in [-0.1, -0.05) is 0 Å². The molecule has 0 heterocycles. The molecule has 1 aromatic rings. The smallest absolute Gasteiger partial charge is 0.240 e. The first-order valence-corrected chi connectivity index (χ1v) is 7.66. The summed E-state index contributed by atoms with van der Waals surface area (Å²) in [6, 6.07) is 3.54. The monoisotopic (exact) mass is 285 g/mol. The summed E-state index contributed by atoms with van der Waals surface area (Å²) >= 11 is 0. The standard InChI is InChI=1S/C13H23N3O2S/c1-9-6-12(14)11(3)13(7-9)19(17,18)15-8-10(2)16(4)5/h6-7,10,15H,8,14H2,1-5H3. The second-order valence-electron chi connectivity index (χ2n) is 5.14. The Morgan fingerprint density at radius 3 is 2.42 bits per heavy atom. The van der Waals surface area contributed by atoms with Crippen molar-refractivity contribution in [2.45, 2.75) is 31.7 Å². The Bertz CT molecular complexity index is 553. The van der Waals surface area contributed by atoms with Gasteiger partial charge in [-0.15, -0.1) is 0 Å². The summed E-state index contributed by atoms with van der Waals surface area (Å²) in [7, 11) is 0.302. The minimum absolute atomic E-state index is 0.122. The van der Waals surface area contributed by atoms with E-state index in [-0.39, 0.29) is 10.9 Å². The number of nitrogens with zero attached hydrogens (tertiary/aromatic N) is 1. The lowest BCUT2D eigenvalue weighted by atomic mass is 10.1. The highest BCUT2D eigenvalue weighted by atomic mass is 32.2. The molecule has 0 fully saturated rings. The second-order valence-corrected chi connectivity index (χ2v) is 6.88. The van der Waals surface area contributed by atoms with Crippen LogP contribution in [0.15, 0.2) is 17.0 Å². The van der Waals surface area contributed by atoms with Crippen molar-refractivity contribution in [1.29, 1.82) is 0 Å². The summed E-state index contributed by atoms with van der Waals surface area (Å²) in [6.45, 7) is 5.87. The first kappa shape index (κ1) is 15.9. The van der Waals surface area contributed by atoms with Crippen LogP contribution in [0.5, 0.6) is 0 Å². The SMILES string of the molecule is Cc1cc(N)c(C)c(S(=O)(=O)NCC(C)N(C)C)c1. The summed E-state index contributed by atoms with van der Waals surface area (Å²) in [5.74, 6) is 0. The molecule has 0 amide bonds. The molecule has 1 atom stereocenters. The number of sulfonamides is 1. The molecule has 1 aromatic carbocycles. The van der Waals surface area contributed by atoms with Gasteiger partial charge in [0.2, 0.25) is 10.0 Å². The van der Waals surface area contributed by atoms with Crippen molar-refractivity contribution in [1.82, 2.24) is 9.62 Å². The molecule has 0 saturated carbocycles. The van der Waals surface area contributed by atoms with Gasteiger partial charge in [0.25, 0.3) is 0 Å². The molecule has 0 radical (unpaired) electrons. The minimum Gasteiger partial charge on any atom is -0.398 e. The Labute approximate surface area is 115 Å². The van der Waals surface area contributed by atoms with Crippen molar-refractivity contribution >= 4 is 15.7 Å². The number of nitrogens with one attached hydrogen (secondary N) is 1. The molecule has 0 aromatic heterocycles. The van der Waals surface area contributed by atoms with Crippen LogP contribution in [0.3, 0.4) is 0 Å². The number of rotatable bonds is 5. The molecular weight excluding hydrogens is 262 g/mol. The van der Waals surface area contributed by atoms with Gasteiger partial charge in [-0.2, -0.15) is 0 Å². The van der Waals surface area contributed by atoms with E-state index in [2.05, 4.69) is 4.72 Å². The van der Waals surface area contributed by atoms with Crippen LogP contribution in [-0.4, -0.2) is 40.0 Å². The number of anilines is 1. The van der Waals surface area contributed by atoms with Crippen molar-refractivity contribution < 1.29 is 8.42 Å². The van der Waals surface area contributed by atoms with Gasteiger partial charge >= 0.3 is 0 Å². The van der Waals surface area contributed by atoms with E-state index in [1.54, 1.807) is 19.1 Å². The second kappa shape index (κ2) is 5.90. The van der Waals surface area contributed by atoms with Gasteiger partial charge in [0.05, 0.1) is 4.90 Å². The Balaban J connectivity index is 3.01. The first-order valence-electron chi connectivity index (χ1n) is 6.18. The van der Waals surface area contributed by atoms with Crippen LogP contribution in [0.4, 0.5) is 5.69 Å². The normalized spacial score (nSPS) is 13.8. The van der Waals surface area contributed by atoms with Crippen molar-refractivity contribution in [3.63, 3.8) is 0 Å². The molecule has 0 bridgehead atoms. The number of aryl methyl sites for hydroxylation is 1. The number of benzene rings is 1. The molecule has 108 valence electrons. The molecule has 5 nitrogen and oxygen atoms in total. The maximum atomic E-state index is 12.3. The van der Waals surface area contributed by atoms with Crippen LogP contribution in [0.2, 0.25) is 0 Å². The molecule has 0 spiro atoms. The zero-order valence-corrected chi connectivity index (χ0v) is 13.0. The van der Waals surface area contributed by atoms with Gasteiger partial charge in [-0.3, -0.25) is 0 Å². The van der Waals surface area contributed by atoms with Crippen LogP contribution in [-0.2, 0) is 10.0 Å². The molecule has 1 rings (SSSR count). The average molecular weight is 285 g/mol. The fourth-order valence-corrected chi connectivity index (χ4v) is 3.10. The predicted molar refractivity (Wildman–Crippen MR) is 78.7 cm³/mol. The van der Waals surface area contributed by atoms with Gasteiger partial charge in [-0.05, 0) is 58.1 Å². The van der Waals surface area contributed by atoms with Gasteiger partial charge in [0.15, 0.2) is 0 Å². The average Bonchev–Trinajstić information content (AvgIpc) is 2.30. The fraction of sp³-hybridized carbons (Fsp3) is 0.538. The van der Waals surface area contributed by atoms with E-state index in [1.807, 2.05) is 32.8 Å². The fourth-order valence-electron chi connectivity index (χ4n) is 1.62. The topological polar surface area (TPSA) is 75.4 Å². The number of nitrogens with two attached hydrogens (primary N) is 1. The molecule has 6 heteroatoms.